The Morgan fingerprint density at radius 2 is 2.17 bits per heavy atom. The number of nitrogens with one attached hydrogen (secondary N) is 1. The van der Waals surface area contributed by atoms with E-state index >= 15 is 0 Å². The van der Waals surface area contributed by atoms with Crippen LogP contribution in [0.15, 0.2) is 46.7 Å². The summed E-state index contributed by atoms with van der Waals surface area (Å²) in [6, 6.07) is 7.71. The molecule has 130 valence electrons. The number of anilines is 1. The Kier molecular flexibility index (Phi) is 6.68. The summed E-state index contributed by atoms with van der Waals surface area (Å²) in [5.74, 6) is -0.106. The number of aromatic nitrogens is 2. The zero-order valence-corrected chi connectivity index (χ0v) is 15.0. The van der Waals surface area contributed by atoms with Crippen LogP contribution in [0.25, 0.3) is 0 Å². The SMILES string of the molecule is Cl.Cn1ccnc1Sc1ccc(NC(=O)[C@@H]2CC[C@H](CN)O2)cc1. The number of rotatable bonds is 5. The second-order valence-corrected chi connectivity index (χ2v) is 6.54. The molecule has 1 amide bonds. The molecule has 1 aliphatic rings. The van der Waals surface area contributed by atoms with Gasteiger partial charge in [-0.2, -0.15) is 0 Å². The number of halogens is 1. The lowest BCUT2D eigenvalue weighted by Crippen LogP contribution is -2.29. The van der Waals surface area contributed by atoms with E-state index in [0.29, 0.717) is 6.54 Å². The number of nitrogens with two attached hydrogens (primary N) is 1. The fourth-order valence-electron chi connectivity index (χ4n) is 2.46. The molecule has 0 radical (unpaired) electrons. The van der Waals surface area contributed by atoms with Gasteiger partial charge in [0.1, 0.15) is 6.10 Å². The summed E-state index contributed by atoms with van der Waals surface area (Å²) in [4.78, 5) is 17.5. The Balaban J connectivity index is 0.00000208. The highest BCUT2D eigenvalue weighted by atomic mass is 35.5. The summed E-state index contributed by atoms with van der Waals surface area (Å²) in [6.45, 7) is 0.461. The quantitative estimate of drug-likeness (QED) is 0.847. The lowest BCUT2D eigenvalue weighted by molar-refractivity contribution is -0.126. The van der Waals surface area contributed by atoms with Gasteiger partial charge in [0.05, 0.1) is 6.10 Å². The van der Waals surface area contributed by atoms with E-state index in [0.717, 1.165) is 28.6 Å². The molecule has 8 heteroatoms. The van der Waals surface area contributed by atoms with Crippen LogP contribution in [-0.4, -0.2) is 34.2 Å². The van der Waals surface area contributed by atoms with Gasteiger partial charge >= 0.3 is 0 Å². The van der Waals surface area contributed by atoms with Crippen molar-refractivity contribution >= 4 is 35.8 Å². The number of nitrogens with zero attached hydrogens (tertiary/aromatic N) is 2. The number of imidazole rings is 1. The van der Waals surface area contributed by atoms with E-state index in [1.165, 1.54) is 0 Å². The van der Waals surface area contributed by atoms with Gasteiger partial charge in [-0.3, -0.25) is 4.79 Å². The van der Waals surface area contributed by atoms with Crippen LogP contribution in [0.2, 0.25) is 0 Å². The van der Waals surface area contributed by atoms with Gasteiger partial charge < -0.3 is 20.4 Å². The van der Waals surface area contributed by atoms with E-state index in [9.17, 15) is 4.79 Å². The van der Waals surface area contributed by atoms with E-state index < -0.39 is 6.10 Å². The second-order valence-electron chi connectivity index (χ2n) is 5.50. The Labute approximate surface area is 151 Å². The Morgan fingerprint density at radius 3 is 2.75 bits per heavy atom. The lowest BCUT2D eigenvalue weighted by atomic mass is 10.2. The van der Waals surface area contributed by atoms with Crippen molar-refractivity contribution in [3.8, 4) is 0 Å². The van der Waals surface area contributed by atoms with Gasteiger partial charge in [-0.25, -0.2) is 4.98 Å². The van der Waals surface area contributed by atoms with Gasteiger partial charge in [0.15, 0.2) is 5.16 Å². The first kappa shape index (κ1) is 18.8. The molecule has 2 atom stereocenters. The van der Waals surface area contributed by atoms with Crippen LogP contribution in [-0.2, 0) is 16.6 Å². The van der Waals surface area contributed by atoms with Crippen LogP contribution in [0.4, 0.5) is 5.69 Å². The van der Waals surface area contributed by atoms with Crippen LogP contribution < -0.4 is 11.1 Å². The van der Waals surface area contributed by atoms with Crippen LogP contribution in [0, 0.1) is 0 Å². The number of ether oxygens (including phenoxy) is 1. The molecule has 0 bridgehead atoms. The molecule has 0 spiro atoms. The lowest BCUT2D eigenvalue weighted by Gasteiger charge is -2.13. The van der Waals surface area contributed by atoms with Crippen LogP contribution in [0.1, 0.15) is 12.8 Å². The van der Waals surface area contributed by atoms with Crippen molar-refractivity contribution in [2.24, 2.45) is 12.8 Å². The maximum Gasteiger partial charge on any atom is 0.253 e. The van der Waals surface area contributed by atoms with E-state index in [1.807, 2.05) is 42.1 Å². The molecule has 0 aliphatic carbocycles. The van der Waals surface area contributed by atoms with Gasteiger partial charge in [0, 0.05) is 36.6 Å². The normalized spacial score (nSPS) is 19.8. The largest absolute Gasteiger partial charge is 0.364 e. The van der Waals surface area contributed by atoms with Crippen molar-refractivity contribution in [2.45, 2.75) is 35.1 Å². The number of benzene rings is 1. The van der Waals surface area contributed by atoms with Crippen molar-refractivity contribution in [3.63, 3.8) is 0 Å². The number of carbonyl (C=O) groups excluding carboxylic acids is 1. The average molecular weight is 369 g/mol. The minimum Gasteiger partial charge on any atom is -0.364 e. The fourth-order valence-corrected chi connectivity index (χ4v) is 3.26. The number of hydrogen-bond acceptors (Lipinski definition) is 5. The van der Waals surface area contributed by atoms with Gasteiger partial charge in [0.2, 0.25) is 0 Å². The maximum atomic E-state index is 12.2. The third-order valence-corrected chi connectivity index (χ3v) is 4.85. The highest BCUT2D eigenvalue weighted by molar-refractivity contribution is 7.99. The number of aryl methyl sites for hydroxylation is 1. The first-order chi connectivity index (χ1) is 11.2. The van der Waals surface area contributed by atoms with Crippen LogP contribution in [0.3, 0.4) is 0 Å². The van der Waals surface area contributed by atoms with Gasteiger partial charge in [-0.1, -0.05) is 11.8 Å². The average Bonchev–Trinajstić information content (AvgIpc) is 3.19. The van der Waals surface area contributed by atoms with Crippen molar-refractivity contribution in [3.05, 3.63) is 36.7 Å². The molecular weight excluding hydrogens is 348 g/mol. The first-order valence-corrected chi connectivity index (χ1v) is 8.39. The fraction of sp³-hybridized carbons (Fsp3) is 0.375. The smallest absolute Gasteiger partial charge is 0.253 e. The van der Waals surface area contributed by atoms with Crippen molar-refractivity contribution in [2.75, 3.05) is 11.9 Å². The Morgan fingerprint density at radius 1 is 1.42 bits per heavy atom. The minimum atomic E-state index is -0.398. The van der Waals surface area contributed by atoms with Crippen molar-refractivity contribution in [1.82, 2.24) is 9.55 Å². The molecule has 6 nitrogen and oxygen atoms in total. The zero-order valence-electron chi connectivity index (χ0n) is 13.3. The van der Waals surface area contributed by atoms with Crippen molar-refractivity contribution < 1.29 is 9.53 Å². The molecule has 1 aromatic heterocycles. The molecule has 24 heavy (non-hydrogen) atoms. The van der Waals surface area contributed by atoms with Crippen LogP contribution >= 0.6 is 24.2 Å². The minimum absolute atomic E-state index is 0. The molecule has 1 aliphatic heterocycles. The Bertz CT molecular complexity index is 677. The van der Waals surface area contributed by atoms with E-state index in [2.05, 4.69) is 10.3 Å². The molecule has 1 fully saturated rings. The summed E-state index contributed by atoms with van der Waals surface area (Å²) < 4.78 is 7.56. The first-order valence-electron chi connectivity index (χ1n) is 7.57. The Hall–Kier alpha value is -1.54. The summed E-state index contributed by atoms with van der Waals surface area (Å²) >= 11 is 1.58. The van der Waals surface area contributed by atoms with Crippen LogP contribution in [0.5, 0.6) is 0 Å². The third-order valence-electron chi connectivity index (χ3n) is 3.77. The maximum absolute atomic E-state index is 12.2. The third kappa shape index (κ3) is 4.51. The predicted octanol–water partition coefficient (Wildman–Crippen LogP) is 2.44. The van der Waals surface area contributed by atoms with E-state index in [1.54, 1.807) is 18.0 Å². The number of hydrogen-bond donors (Lipinski definition) is 2. The standard InChI is InChI=1S/C16H20N4O2S.ClH/c1-20-9-8-18-16(20)23-13-5-2-11(3-6-13)19-15(21)14-7-4-12(10-17)22-14;/h2-3,5-6,8-9,12,14H,4,7,10,17H2,1H3,(H,19,21);1H/t12-,14+;/m1./s1. The molecule has 3 rings (SSSR count). The monoisotopic (exact) mass is 368 g/mol. The van der Waals surface area contributed by atoms with Gasteiger partial charge in [-0.15, -0.1) is 12.4 Å². The van der Waals surface area contributed by atoms with Gasteiger partial charge in [-0.05, 0) is 37.1 Å². The molecule has 1 saturated heterocycles. The zero-order chi connectivity index (χ0) is 16.2. The summed E-state index contributed by atoms with van der Waals surface area (Å²) in [5, 5.41) is 3.82. The molecular formula is C16H21ClN4O2S. The number of carbonyl (C=O) groups is 1. The summed E-state index contributed by atoms with van der Waals surface area (Å²) in [6.07, 6.45) is 4.85. The van der Waals surface area contributed by atoms with Gasteiger partial charge in [0.25, 0.3) is 5.91 Å². The molecule has 3 N–H and O–H groups in total. The summed E-state index contributed by atoms with van der Waals surface area (Å²) in [7, 11) is 1.96. The summed E-state index contributed by atoms with van der Waals surface area (Å²) in [5.41, 5.74) is 6.33. The topological polar surface area (TPSA) is 82.2 Å². The number of amides is 1. The van der Waals surface area contributed by atoms with Crippen molar-refractivity contribution in [1.29, 1.82) is 0 Å². The van der Waals surface area contributed by atoms with E-state index in [-0.39, 0.29) is 24.4 Å². The molecule has 2 heterocycles. The molecule has 1 aromatic carbocycles. The predicted molar refractivity (Wildman–Crippen MR) is 96.6 cm³/mol. The second kappa shape index (κ2) is 8.53. The van der Waals surface area contributed by atoms with E-state index in [4.69, 9.17) is 10.5 Å². The highest BCUT2D eigenvalue weighted by Crippen LogP contribution is 2.27. The molecule has 0 unspecified atom stereocenters. The highest BCUT2D eigenvalue weighted by Gasteiger charge is 2.29. The molecule has 0 saturated carbocycles. The molecule has 2 aromatic rings.